The molecule has 2 heterocycles. The Kier molecular flexibility index (Phi) is 6.08. The van der Waals surface area contributed by atoms with Gasteiger partial charge in [-0.1, -0.05) is 41.7 Å². The molecule has 0 saturated carbocycles. The minimum absolute atomic E-state index is 0.0144. The maximum Gasteiger partial charge on any atom is 0.228 e. The van der Waals surface area contributed by atoms with Crippen LogP contribution in [0.1, 0.15) is 22.6 Å². The summed E-state index contributed by atoms with van der Waals surface area (Å²) in [6, 6.07) is 12.6. The fourth-order valence-corrected chi connectivity index (χ4v) is 4.38. The lowest BCUT2D eigenvalue weighted by Crippen LogP contribution is -2.37. The highest BCUT2D eigenvalue weighted by molar-refractivity contribution is 7.18. The van der Waals surface area contributed by atoms with Gasteiger partial charge in [0.25, 0.3) is 0 Å². The zero-order chi connectivity index (χ0) is 21.1. The standard InChI is InChI=1S/C22H23FN4O2S/c23-9-13-1-3-14(4-2-13)17(12-28)18(24)10-25-22-26-11-20(30-22)15-5-6-19-16(7-15)8-21(29)27-19/h1-7,11,17-18,28H,8-10,12,24H2,(H,25,26)(H,27,29)/t17-,18+/m0/s1. The molecule has 30 heavy (non-hydrogen) atoms. The number of aliphatic hydroxyl groups is 1. The number of alkyl halides is 1. The molecule has 0 aliphatic carbocycles. The molecule has 0 bridgehead atoms. The first-order valence-electron chi connectivity index (χ1n) is 9.71. The Labute approximate surface area is 178 Å². The molecule has 0 fully saturated rings. The zero-order valence-corrected chi connectivity index (χ0v) is 17.1. The lowest BCUT2D eigenvalue weighted by Gasteiger charge is -2.22. The summed E-state index contributed by atoms with van der Waals surface area (Å²) >= 11 is 1.51. The van der Waals surface area contributed by atoms with E-state index in [1.54, 1.807) is 18.3 Å². The van der Waals surface area contributed by atoms with E-state index in [1.807, 2.05) is 30.3 Å². The monoisotopic (exact) mass is 426 g/mol. The lowest BCUT2D eigenvalue weighted by atomic mass is 9.92. The number of aliphatic hydroxyl groups excluding tert-OH is 1. The molecule has 4 rings (SSSR count). The molecule has 2 aromatic carbocycles. The molecule has 156 valence electrons. The minimum atomic E-state index is -0.513. The van der Waals surface area contributed by atoms with Crippen LogP contribution < -0.4 is 16.4 Å². The van der Waals surface area contributed by atoms with Gasteiger partial charge in [0.2, 0.25) is 5.91 Å². The van der Waals surface area contributed by atoms with E-state index in [4.69, 9.17) is 5.73 Å². The van der Waals surface area contributed by atoms with Gasteiger partial charge in [0.1, 0.15) is 6.67 Å². The van der Waals surface area contributed by atoms with Gasteiger partial charge in [-0.05, 0) is 34.4 Å². The molecular formula is C22H23FN4O2S. The maximum absolute atomic E-state index is 12.7. The molecule has 0 spiro atoms. The van der Waals surface area contributed by atoms with Crippen molar-refractivity contribution in [2.75, 3.05) is 23.8 Å². The van der Waals surface area contributed by atoms with Gasteiger partial charge in [-0.15, -0.1) is 0 Å². The van der Waals surface area contributed by atoms with Crippen molar-refractivity contribution in [1.29, 1.82) is 0 Å². The highest BCUT2D eigenvalue weighted by atomic mass is 32.1. The van der Waals surface area contributed by atoms with Crippen molar-refractivity contribution >= 4 is 28.1 Å². The van der Waals surface area contributed by atoms with E-state index in [0.717, 1.165) is 32.4 Å². The average molecular weight is 427 g/mol. The number of rotatable bonds is 8. The van der Waals surface area contributed by atoms with Gasteiger partial charge >= 0.3 is 0 Å². The van der Waals surface area contributed by atoms with Crippen LogP contribution in [0.2, 0.25) is 0 Å². The number of fused-ring (bicyclic) bond motifs is 1. The summed E-state index contributed by atoms with van der Waals surface area (Å²) in [6.45, 7) is -0.171. The highest BCUT2D eigenvalue weighted by Crippen LogP contribution is 2.33. The number of thiazole rings is 1. The predicted octanol–water partition coefficient (Wildman–Crippen LogP) is 3.29. The summed E-state index contributed by atoms with van der Waals surface area (Å²) in [4.78, 5) is 17.0. The number of nitrogens with one attached hydrogen (secondary N) is 2. The fourth-order valence-electron chi connectivity index (χ4n) is 3.56. The van der Waals surface area contributed by atoms with Gasteiger partial charge in [0.15, 0.2) is 5.13 Å². The number of aromatic nitrogens is 1. The second kappa shape index (κ2) is 8.91. The van der Waals surface area contributed by atoms with Gasteiger partial charge in [-0.2, -0.15) is 0 Å². The van der Waals surface area contributed by atoms with Crippen molar-refractivity contribution in [1.82, 2.24) is 4.98 Å². The summed E-state index contributed by atoms with van der Waals surface area (Å²) in [7, 11) is 0. The molecule has 1 aromatic heterocycles. The molecule has 0 saturated heterocycles. The number of carbonyl (C=O) groups excluding carboxylic acids is 1. The average Bonchev–Trinajstić information content (AvgIpc) is 3.38. The number of benzene rings is 2. The Morgan fingerprint density at radius 1 is 1.27 bits per heavy atom. The van der Waals surface area contributed by atoms with E-state index >= 15 is 0 Å². The van der Waals surface area contributed by atoms with Crippen LogP contribution in [0.3, 0.4) is 0 Å². The van der Waals surface area contributed by atoms with Crippen LogP contribution in [0.25, 0.3) is 10.4 Å². The van der Waals surface area contributed by atoms with E-state index in [1.165, 1.54) is 11.3 Å². The molecule has 3 aromatic rings. The van der Waals surface area contributed by atoms with Crippen LogP contribution in [-0.4, -0.2) is 35.2 Å². The molecule has 0 radical (unpaired) electrons. The molecule has 8 heteroatoms. The molecule has 0 unspecified atom stereocenters. The largest absolute Gasteiger partial charge is 0.396 e. The van der Waals surface area contributed by atoms with Gasteiger partial charge in [0, 0.05) is 30.4 Å². The van der Waals surface area contributed by atoms with E-state index < -0.39 is 6.67 Å². The van der Waals surface area contributed by atoms with E-state index in [0.29, 0.717) is 18.5 Å². The smallest absolute Gasteiger partial charge is 0.228 e. The van der Waals surface area contributed by atoms with Gasteiger partial charge in [-0.3, -0.25) is 4.79 Å². The summed E-state index contributed by atoms with van der Waals surface area (Å²) in [5.74, 6) is -0.243. The second-order valence-electron chi connectivity index (χ2n) is 7.34. The Morgan fingerprint density at radius 3 is 2.80 bits per heavy atom. The molecule has 1 aliphatic rings. The third kappa shape index (κ3) is 4.35. The molecular weight excluding hydrogens is 403 g/mol. The van der Waals surface area contributed by atoms with Crippen LogP contribution in [-0.2, 0) is 17.9 Å². The number of hydrogen-bond acceptors (Lipinski definition) is 6. The van der Waals surface area contributed by atoms with E-state index in [-0.39, 0.29) is 24.5 Å². The Balaban J connectivity index is 1.40. The van der Waals surface area contributed by atoms with Gasteiger partial charge in [0.05, 0.1) is 17.9 Å². The Morgan fingerprint density at radius 2 is 2.07 bits per heavy atom. The molecule has 1 aliphatic heterocycles. The van der Waals surface area contributed by atoms with Crippen molar-refractivity contribution in [2.45, 2.75) is 25.1 Å². The van der Waals surface area contributed by atoms with Crippen LogP contribution in [0, 0.1) is 0 Å². The molecule has 2 atom stereocenters. The first kappa shape index (κ1) is 20.5. The summed E-state index contributed by atoms with van der Waals surface area (Å²) in [5, 5.41) is 16.6. The highest BCUT2D eigenvalue weighted by Gasteiger charge is 2.20. The summed E-state index contributed by atoms with van der Waals surface area (Å²) in [6.07, 6.45) is 2.19. The zero-order valence-electron chi connectivity index (χ0n) is 16.3. The van der Waals surface area contributed by atoms with E-state index in [2.05, 4.69) is 15.6 Å². The first-order chi connectivity index (χ1) is 14.6. The van der Waals surface area contributed by atoms with Crippen molar-refractivity contribution < 1.29 is 14.3 Å². The topological polar surface area (TPSA) is 100 Å². The fraction of sp³-hybridized carbons (Fsp3) is 0.273. The number of nitrogens with zero attached hydrogens (tertiary/aromatic N) is 1. The predicted molar refractivity (Wildman–Crippen MR) is 117 cm³/mol. The second-order valence-corrected chi connectivity index (χ2v) is 8.37. The molecule has 5 N–H and O–H groups in total. The Hall–Kier alpha value is -2.81. The molecule has 6 nitrogen and oxygen atoms in total. The minimum Gasteiger partial charge on any atom is -0.396 e. The normalized spacial score (nSPS) is 14.8. The number of nitrogens with two attached hydrogens (primary N) is 1. The van der Waals surface area contributed by atoms with Crippen LogP contribution in [0.4, 0.5) is 15.2 Å². The van der Waals surface area contributed by atoms with Crippen molar-refractivity contribution in [2.24, 2.45) is 5.73 Å². The first-order valence-corrected chi connectivity index (χ1v) is 10.5. The SMILES string of the molecule is N[C@H](CNc1ncc(-c2ccc3c(c2)CC(=O)N3)s1)[C@@H](CO)c1ccc(CF)cc1. The third-order valence-electron chi connectivity index (χ3n) is 5.29. The van der Waals surface area contributed by atoms with Crippen LogP contribution in [0.5, 0.6) is 0 Å². The summed E-state index contributed by atoms with van der Waals surface area (Å²) in [5.41, 5.74) is 10.7. The lowest BCUT2D eigenvalue weighted by molar-refractivity contribution is -0.115. The quantitative estimate of drug-likeness (QED) is 0.443. The number of halogens is 1. The summed E-state index contributed by atoms with van der Waals surface area (Å²) < 4.78 is 12.7. The number of hydrogen-bond donors (Lipinski definition) is 4. The number of carbonyl (C=O) groups is 1. The van der Waals surface area contributed by atoms with Crippen molar-refractivity contribution in [3.05, 3.63) is 65.4 Å². The molecule has 1 amide bonds. The van der Waals surface area contributed by atoms with Crippen molar-refractivity contribution in [3.63, 3.8) is 0 Å². The number of amides is 1. The van der Waals surface area contributed by atoms with E-state index in [9.17, 15) is 14.3 Å². The van der Waals surface area contributed by atoms with Gasteiger partial charge in [-0.25, -0.2) is 9.37 Å². The maximum atomic E-state index is 12.7. The van der Waals surface area contributed by atoms with Crippen LogP contribution >= 0.6 is 11.3 Å². The third-order valence-corrected chi connectivity index (χ3v) is 6.29. The Bertz CT molecular complexity index is 1040. The van der Waals surface area contributed by atoms with Crippen molar-refractivity contribution in [3.8, 4) is 10.4 Å². The van der Waals surface area contributed by atoms with Crippen LogP contribution in [0.15, 0.2) is 48.7 Å². The number of anilines is 2. The van der Waals surface area contributed by atoms with Gasteiger partial charge < -0.3 is 21.5 Å².